The molecule has 0 atom stereocenters. The molecule has 3 amide bonds. The molecule has 5 rings (SSSR count). The molecule has 10 nitrogen and oxygen atoms in total. The van der Waals surface area contributed by atoms with Crippen LogP contribution < -0.4 is 14.8 Å². The maximum Gasteiger partial charge on any atom is 0.322 e. The number of hydrogen-bond donors (Lipinski definition) is 1. The van der Waals surface area contributed by atoms with Crippen molar-refractivity contribution in [1.29, 1.82) is 0 Å². The summed E-state index contributed by atoms with van der Waals surface area (Å²) in [7, 11) is 0. The monoisotopic (exact) mass is 520 g/mol. The summed E-state index contributed by atoms with van der Waals surface area (Å²) in [5.41, 5.74) is 1.57. The minimum Gasteiger partial charge on any atom is -0.467 e. The van der Waals surface area contributed by atoms with Gasteiger partial charge >= 0.3 is 6.03 Å². The third-order valence-electron chi connectivity index (χ3n) is 6.52. The second-order valence-electron chi connectivity index (χ2n) is 9.19. The fraction of sp³-hybridized carbons (Fsp3) is 0.357. The smallest absolute Gasteiger partial charge is 0.322 e. The molecule has 3 aromatic rings. The number of rotatable bonds is 10. The summed E-state index contributed by atoms with van der Waals surface area (Å²) in [5.74, 6) is 1.81. The summed E-state index contributed by atoms with van der Waals surface area (Å²) < 4.78 is 21.9. The van der Waals surface area contributed by atoms with Gasteiger partial charge in [0.1, 0.15) is 12.3 Å². The first-order valence-corrected chi connectivity index (χ1v) is 12.7. The second-order valence-corrected chi connectivity index (χ2v) is 9.19. The highest BCUT2D eigenvalue weighted by Gasteiger charge is 2.24. The zero-order valence-electron chi connectivity index (χ0n) is 21.2. The summed E-state index contributed by atoms with van der Waals surface area (Å²) in [6.45, 7) is 4.71. The first-order valence-electron chi connectivity index (χ1n) is 12.7. The molecule has 2 aliphatic heterocycles. The van der Waals surface area contributed by atoms with Crippen molar-refractivity contribution in [3.8, 4) is 11.5 Å². The minimum absolute atomic E-state index is 0.0751. The lowest BCUT2D eigenvalue weighted by atomic mass is 10.2. The molecule has 200 valence electrons. The average molecular weight is 521 g/mol. The van der Waals surface area contributed by atoms with Crippen molar-refractivity contribution in [3.63, 3.8) is 0 Å². The number of furan rings is 1. The van der Waals surface area contributed by atoms with Gasteiger partial charge in [-0.3, -0.25) is 9.69 Å². The third-order valence-corrected chi connectivity index (χ3v) is 6.52. The lowest BCUT2D eigenvalue weighted by Crippen LogP contribution is -2.48. The van der Waals surface area contributed by atoms with Gasteiger partial charge in [-0.1, -0.05) is 24.3 Å². The van der Waals surface area contributed by atoms with Crippen LogP contribution in [0.5, 0.6) is 11.5 Å². The molecule has 2 aliphatic rings. The van der Waals surface area contributed by atoms with E-state index in [2.05, 4.69) is 10.2 Å². The Hall–Kier alpha value is -4.02. The Balaban J connectivity index is 1.31. The molecule has 0 bridgehead atoms. The number of para-hydroxylation sites is 1. The molecule has 1 N–H and O–H groups in total. The Morgan fingerprint density at radius 2 is 1.71 bits per heavy atom. The highest BCUT2D eigenvalue weighted by Crippen LogP contribution is 2.33. The van der Waals surface area contributed by atoms with E-state index in [4.69, 9.17) is 18.6 Å². The molecule has 0 radical (unpaired) electrons. The Kier molecular flexibility index (Phi) is 8.42. The van der Waals surface area contributed by atoms with Gasteiger partial charge in [0.05, 0.1) is 26.0 Å². The predicted octanol–water partition coefficient (Wildman–Crippen LogP) is 3.40. The maximum absolute atomic E-state index is 13.7. The number of fused-ring (bicyclic) bond motifs is 1. The first kappa shape index (κ1) is 25.6. The average Bonchev–Trinajstić information content (AvgIpc) is 3.63. The third kappa shape index (κ3) is 6.84. The van der Waals surface area contributed by atoms with Crippen LogP contribution in [0.3, 0.4) is 0 Å². The number of ether oxygens (including phenoxy) is 3. The van der Waals surface area contributed by atoms with Crippen molar-refractivity contribution in [2.75, 3.05) is 58.0 Å². The minimum atomic E-state index is -0.321. The SMILES string of the molecule is O=C(CN(CCN1CCOCC1)C(=O)Nc1ccccc1)N(Cc1ccc2c(c1)OCO2)Cc1ccco1. The molecule has 38 heavy (non-hydrogen) atoms. The van der Waals surface area contributed by atoms with Gasteiger partial charge in [0.15, 0.2) is 11.5 Å². The molecule has 1 fully saturated rings. The molecule has 3 heterocycles. The van der Waals surface area contributed by atoms with E-state index < -0.39 is 0 Å². The highest BCUT2D eigenvalue weighted by molar-refractivity contribution is 5.92. The Morgan fingerprint density at radius 3 is 2.50 bits per heavy atom. The van der Waals surface area contributed by atoms with Gasteiger partial charge in [-0.2, -0.15) is 0 Å². The number of urea groups is 1. The van der Waals surface area contributed by atoms with E-state index in [1.54, 1.807) is 22.1 Å². The van der Waals surface area contributed by atoms with Crippen molar-refractivity contribution < 1.29 is 28.2 Å². The maximum atomic E-state index is 13.7. The number of benzene rings is 2. The summed E-state index contributed by atoms with van der Waals surface area (Å²) in [5, 5.41) is 2.92. The van der Waals surface area contributed by atoms with Gasteiger partial charge in [0, 0.05) is 38.4 Å². The fourth-order valence-electron chi connectivity index (χ4n) is 4.41. The summed E-state index contributed by atoms with van der Waals surface area (Å²) >= 11 is 0. The molecule has 0 aliphatic carbocycles. The molecule has 0 spiro atoms. The lowest BCUT2D eigenvalue weighted by Gasteiger charge is -2.31. The second kappa shape index (κ2) is 12.5. The van der Waals surface area contributed by atoms with Crippen LogP contribution in [0.15, 0.2) is 71.3 Å². The quantitative estimate of drug-likeness (QED) is 0.438. The van der Waals surface area contributed by atoms with Crippen LogP contribution in [-0.4, -0.2) is 79.4 Å². The standard InChI is InChI=1S/C28H32N4O6/c33-27(32(19-24-7-4-14-36-24)18-22-8-9-25-26(17-22)38-21-37-25)20-31(11-10-30-12-15-35-16-13-30)28(34)29-23-5-2-1-3-6-23/h1-9,14,17H,10-13,15-16,18-21H2,(H,29,34). The normalized spacial score (nSPS) is 14.7. The molecule has 1 saturated heterocycles. The van der Waals surface area contributed by atoms with Crippen LogP contribution in [0.4, 0.5) is 10.5 Å². The van der Waals surface area contributed by atoms with Crippen LogP contribution in [0, 0.1) is 0 Å². The Bertz CT molecular complexity index is 1200. The lowest BCUT2D eigenvalue weighted by molar-refractivity contribution is -0.133. The van der Waals surface area contributed by atoms with Crippen LogP contribution in [0.2, 0.25) is 0 Å². The van der Waals surface area contributed by atoms with Gasteiger partial charge < -0.3 is 33.7 Å². The molecule has 1 aromatic heterocycles. The Morgan fingerprint density at radius 1 is 0.895 bits per heavy atom. The van der Waals surface area contributed by atoms with Crippen molar-refractivity contribution in [2.45, 2.75) is 13.1 Å². The van der Waals surface area contributed by atoms with E-state index in [0.717, 1.165) is 18.7 Å². The first-order chi connectivity index (χ1) is 18.6. The van der Waals surface area contributed by atoms with Gasteiger partial charge in [-0.05, 0) is 42.0 Å². The number of amides is 3. The van der Waals surface area contributed by atoms with Crippen LogP contribution in [0.1, 0.15) is 11.3 Å². The van der Waals surface area contributed by atoms with Crippen LogP contribution in [0.25, 0.3) is 0 Å². The Labute approximate surface area is 221 Å². The summed E-state index contributed by atoms with van der Waals surface area (Å²) in [4.78, 5) is 32.5. The van der Waals surface area contributed by atoms with Gasteiger partial charge in [-0.25, -0.2) is 4.79 Å². The number of carbonyl (C=O) groups is 2. The number of carbonyl (C=O) groups excluding carboxylic acids is 2. The zero-order valence-corrected chi connectivity index (χ0v) is 21.2. The van der Waals surface area contributed by atoms with E-state index in [1.807, 2.05) is 54.6 Å². The molecule has 0 saturated carbocycles. The van der Waals surface area contributed by atoms with E-state index in [-0.39, 0.29) is 31.8 Å². The molecule has 10 heteroatoms. The summed E-state index contributed by atoms with van der Waals surface area (Å²) in [6.07, 6.45) is 1.58. The molecule has 0 unspecified atom stereocenters. The van der Waals surface area contributed by atoms with Crippen LogP contribution in [-0.2, 0) is 22.6 Å². The van der Waals surface area contributed by atoms with Crippen molar-refractivity contribution in [2.24, 2.45) is 0 Å². The zero-order chi connectivity index (χ0) is 26.2. The van der Waals surface area contributed by atoms with Gasteiger partial charge in [-0.15, -0.1) is 0 Å². The van der Waals surface area contributed by atoms with Gasteiger partial charge in [0.2, 0.25) is 12.7 Å². The van der Waals surface area contributed by atoms with Crippen molar-refractivity contribution in [3.05, 3.63) is 78.3 Å². The number of morpholine rings is 1. The highest BCUT2D eigenvalue weighted by atomic mass is 16.7. The molecular weight excluding hydrogens is 488 g/mol. The largest absolute Gasteiger partial charge is 0.467 e. The number of anilines is 1. The number of hydrogen-bond acceptors (Lipinski definition) is 7. The van der Waals surface area contributed by atoms with Crippen LogP contribution >= 0.6 is 0 Å². The number of nitrogens with one attached hydrogen (secondary N) is 1. The van der Waals surface area contributed by atoms with Crippen molar-refractivity contribution >= 4 is 17.6 Å². The topological polar surface area (TPSA) is 96.7 Å². The number of nitrogens with zero attached hydrogens (tertiary/aromatic N) is 3. The van der Waals surface area contributed by atoms with E-state index in [9.17, 15) is 9.59 Å². The van der Waals surface area contributed by atoms with E-state index in [1.165, 1.54) is 0 Å². The van der Waals surface area contributed by atoms with E-state index in [0.29, 0.717) is 55.8 Å². The predicted molar refractivity (Wildman–Crippen MR) is 140 cm³/mol. The molecular formula is C28H32N4O6. The summed E-state index contributed by atoms with van der Waals surface area (Å²) in [6, 6.07) is 18.2. The van der Waals surface area contributed by atoms with Gasteiger partial charge in [0.25, 0.3) is 0 Å². The van der Waals surface area contributed by atoms with E-state index >= 15 is 0 Å². The molecule has 2 aromatic carbocycles. The fourth-order valence-corrected chi connectivity index (χ4v) is 4.41. The van der Waals surface area contributed by atoms with Crippen molar-refractivity contribution in [1.82, 2.24) is 14.7 Å².